The lowest BCUT2D eigenvalue weighted by molar-refractivity contribution is -0.126. The van der Waals surface area contributed by atoms with Crippen molar-refractivity contribution in [2.75, 3.05) is 11.9 Å². The van der Waals surface area contributed by atoms with Crippen molar-refractivity contribution >= 4 is 51.9 Å². The zero-order valence-corrected chi connectivity index (χ0v) is 15.6. The number of nitrogens with zero attached hydrogens (tertiary/aromatic N) is 1. The summed E-state index contributed by atoms with van der Waals surface area (Å²) < 4.78 is 0.357. The number of hydrogen-bond donors (Lipinski definition) is 2. The van der Waals surface area contributed by atoms with Gasteiger partial charge in [-0.2, -0.15) is 0 Å². The average Bonchev–Trinajstić information content (AvgIpc) is 2.86. The van der Waals surface area contributed by atoms with Crippen molar-refractivity contribution in [2.45, 2.75) is 6.92 Å². The van der Waals surface area contributed by atoms with Crippen LogP contribution in [0.4, 0.5) is 5.69 Å². The lowest BCUT2D eigenvalue weighted by Gasteiger charge is -2.14. The number of benzene rings is 2. The number of nitrogens with one attached hydrogen (secondary N) is 1. The molecule has 2 aromatic rings. The molecule has 2 aromatic carbocycles. The highest BCUT2D eigenvalue weighted by molar-refractivity contribution is 8.26. The van der Waals surface area contributed by atoms with Crippen molar-refractivity contribution in [3.05, 3.63) is 64.6 Å². The third kappa shape index (κ3) is 4.12. The summed E-state index contributed by atoms with van der Waals surface area (Å²) in [4.78, 5) is 26.6. The van der Waals surface area contributed by atoms with Crippen LogP contribution < -0.4 is 5.32 Å². The van der Waals surface area contributed by atoms with Gasteiger partial charge in [-0.25, -0.2) is 0 Å². The Morgan fingerprint density at radius 1 is 1.23 bits per heavy atom. The van der Waals surface area contributed by atoms with Gasteiger partial charge in [-0.05, 0) is 48.4 Å². The van der Waals surface area contributed by atoms with Gasteiger partial charge in [0.2, 0.25) is 5.91 Å². The van der Waals surface area contributed by atoms with E-state index in [1.54, 1.807) is 18.2 Å². The molecule has 2 amide bonds. The van der Waals surface area contributed by atoms with Gasteiger partial charge in [0, 0.05) is 5.69 Å². The van der Waals surface area contributed by atoms with Gasteiger partial charge in [0.15, 0.2) is 0 Å². The molecule has 1 heterocycles. The Balaban J connectivity index is 1.70. The Morgan fingerprint density at radius 2 is 1.92 bits per heavy atom. The summed E-state index contributed by atoms with van der Waals surface area (Å²) in [6.45, 7) is 1.81. The second-order valence-electron chi connectivity index (χ2n) is 5.72. The van der Waals surface area contributed by atoms with Crippen LogP contribution in [0.3, 0.4) is 0 Å². The maximum absolute atomic E-state index is 12.6. The van der Waals surface area contributed by atoms with Gasteiger partial charge >= 0.3 is 0 Å². The van der Waals surface area contributed by atoms with E-state index in [-0.39, 0.29) is 24.1 Å². The third-order valence-corrected chi connectivity index (χ3v) is 5.18. The zero-order valence-electron chi connectivity index (χ0n) is 13.9. The molecule has 1 aliphatic rings. The van der Waals surface area contributed by atoms with E-state index in [9.17, 15) is 14.7 Å². The fourth-order valence-corrected chi connectivity index (χ4v) is 3.66. The normalized spacial score (nSPS) is 15.6. The van der Waals surface area contributed by atoms with Gasteiger partial charge in [0.1, 0.15) is 16.6 Å². The smallest absolute Gasteiger partial charge is 0.266 e. The monoisotopic (exact) mass is 384 g/mol. The molecule has 0 radical (unpaired) electrons. The summed E-state index contributed by atoms with van der Waals surface area (Å²) in [6.07, 6.45) is 1.80. The molecule has 1 aliphatic heterocycles. The number of carbonyl (C=O) groups is 2. The van der Waals surface area contributed by atoms with Crippen LogP contribution in [-0.4, -0.2) is 32.7 Å². The van der Waals surface area contributed by atoms with Gasteiger partial charge in [-0.1, -0.05) is 48.2 Å². The number of phenols is 1. The second-order valence-corrected chi connectivity index (χ2v) is 7.40. The van der Waals surface area contributed by atoms with E-state index in [4.69, 9.17) is 12.2 Å². The van der Waals surface area contributed by atoms with Gasteiger partial charge in [-0.3, -0.25) is 14.5 Å². The quantitative estimate of drug-likeness (QED) is 0.479. The van der Waals surface area contributed by atoms with E-state index in [1.165, 1.54) is 28.8 Å². The van der Waals surface area contributed by atoms with E-state index in [1.807, 2.05) is 31.2 Å². The molecule has 0 aliphatic carbocycles. The van der Waals surface area contributed by atoms with Crippen molar-refractivity contribution < 1.29 is 14.7 Å². The van der Waals surface area contributed by atoms with E-state index in [0.717, 1.165) is 11.1 Å². The Morgan fingerprint density at radius 3 is 2.62 bits per heavy atom. The number of anilines is 1. The van der Waals surface area contributed by atoms with Crippen LogP contribution in [0.2, 0.25) is 0 Å². The summed E-state index contributed by atoms with van der Waals surface area (Å²) in [5.74, 6) is -0.519. The van der Waals surface area contributed by atoms with Crippen molar-refractivity contribution in [3.8, 4) is 5.75 Å². The molecule has 1 fully saturated rings. The number of hydrogen-bond acceptors (Lipinski definition) is 5. The van der Waals surface area contributed by atoms with E-state index in [0.29, 0.717) is 14.9 Å². The summed E-state index contributed by atoms with van der Waals surface area (Å²) in [5, 5.41) is 11.9. The summed E-state index contributed by atoms with van der Waals surface area (Å²) in [6, 6.07) is 13.8. The molecule has 0 saturated carbocycles. The maximum atomic E-state index is 12.6. The van der Waals surface area contributed by atoms with E-state index < -0.39 is 0 Å². The summed E-state index contributed by atoms with van der Waals surface area (Å²) in [5.41, 5.74) is 2.54. The maximum Gasteiger partial charge on any atom is 0.266 e. The van der Waals surface area contributed by atoms with Crippen LogP contribution in [0, 0.1) is 6.92 Å². The molecule has 132 valence electrons. The molecule has 0 aromatic heterocycles. The third-order valence-electron chi connectivity index (χ3n) is 3.80. The van der Waals surface area contributed by atoms with Gasteiger partial charge < -0.3 is 10.4 Å². The highest BCUT2D eigenvalue weighted by atomic mass is 32.2. The Kier molecular flexibility index (Phi) is 5.39. The van der Waals surface area contributed by atoms with Crippen molar-refractivity contribution in [1.82, 2.24) is 4.90 Å². The van der Waals surface area contributed by atoms with Crippen molar-refractivity contribution in [3.63, 3.8) is 0 Å². The predicted octanol–water partition coefficient (Wildman–Crippen LogP) is 3.54. The van der Waals surface area contributed by atoms with Gasteiger partial charge in [0.25, 0.3) is 5.91 Å². The molecule has 0 atom stereocenters. The number of rotatable bonds is 4. The number of thioether (sulfide) groups is 1. The molecule has 7 heteroatoms. The molecule has 2 N–H and O–H groups in total. The number of phenolic OH excluding ortho intramolecular Hbond substituents is 1. The largest absolute Gasteiger partial charge is 0.508 e. The molecular weight excluding hydrogens is 368 g/mol. The molecule has 3 rings (SSSR count). The molecule has 1 saturated heterocycles. The number of amides is 2. The molecule has 0 bridgehead atoms. The zero-order chi connectivity index (χ0) is 18.7. The Bertz CT molecular complexity index is 907. The first-order chi connectivity index (χ1) is 12.4. The molecular formula is C19H16N2O3S2. The minimum Gasteiger partial charge on any atom is -0.508 e. The lowest BCUT2D eigenvalue weighted by Crippen LogP contribution is -2.36. The minimum atomic E-state index is -0.357. The number of thiocarbonyl (C=S) groups is 1. The summed E-state index contributed by atoms with van der Waals surface area (Å²) >= 11 is 6.45. The summed E-state index contributed by atoms with van der Waals surface area (Å²) in [7, 11) is 0. The SMILES string of the molecule is Cc1ccccc1/C=C1\SC(=S)N(CC(=O)Nc2ccc(O)cc2)C1=O. The topological polar surface area (TPSA) is 69.6 Å². The van der Waals surface area contributed by atoms with Crippen molar-refractivity contribution in [2.24, 2.45) is 0 Å². The number of aryl methyl sites for hydroxylation is 1. The van der Waals surface area contributed by atoms with Crippen LogP contribution in [0.5, 0.6) is 5.75 Å². The van der Waals surface area contributed by atoms with Gasteiger partial charge in [0.05, 0.1) is 4.91 Å². The minimum absolute atomic E-state index is 0.112. The lowest BCUT2D eigenvalue weighted by atomic mass is 10.1. The fraction of sp³-hybridized carbons (Fsp3) is 0.105. The fourth-order valence-electron chi connectivity index (χ4n) is 2.42. The van der Waals surface area contributed by atoms with Crippen LogP contribution in [-0.2, 0) is 9.59 Å². The Labute approximate surface area is 160 Å². The average molecular weight is 384 g/mol. The van der Waals surface area contributed by atoms with Crippen molar-refractivity contribution in [1.29, 1.82) is 0 Å². The first-order valence-electron chi connectivity index (χ1n) is 7.84. The first-order valence-corrected chi connectivity index (χ1v) is 9.06. The van der Waals surface area contributed by atoms with Gasteiger partial charge in [-0.15, -0.1) is 0 Å². The van der Waals surface area contributed by atoms with Crippen LogP contribution >= 0.6 is 24.0 Å². The van der Waals surface area contributed by atoms with E-state index in [2.05, 4.69) is 5.32 Å². The molecule has 0 unspecified atom stereocenters. The van der Waals surface area contributed by atoms with Crippen LogP contribution in [0.15, 0.2) is 53.4 Å². The first kappa shape index (κ1) is 18.2. The second kappa shape index (κ2) is 7.72. The highest BCUT2D eigenvalue weighted by Crippen LogP contribution is 2.32. The predicted molar refractivity (Wildman–Crippen MR) is 108 cm³/mol. The molecule has 26 heavy (non-hydrogen) atoms. The number of carbonyl (C=O) groups excluding carboxylic acids is 2. The Hall–Kier alpha value is -2.64. The van der Waals surface area contributed by atoms with E-state index >= 15 is 0 Å². The highest BCUT2D eigenvalue weighted by Gasteiger charge is 2.33. The molecule has 5 nitrogen and oxygen atoms in total. The van der Waals surface area contributed by atoms with Crippen LogP contribution in [0.1, 0.15) is 11.1 Å². The number of aromatic hydroxyl groups is 1. The standard InChI is InChI=1S/C19H16N2O3S2/c1-12-4-2-3-5-13(12)10-16-18(24)21(19(25)26-16)11-17(23)20-14-6-8-15(22)9-7-14/h2-10,22H,11H2,1H3,(H,20,23)/b16-10-. The van der Waals surface area contributed by atoms with Crippen LogP contribution in [0.25, 0.3) is 6.08 Å². The molecule has 0 spiro atoms.